The predicted octanol–water partition coefficient (Wildman–Crippen LogP) is 7.31. The Bertz CT molecular complexity index is 783. The molecule has 0 bridgehead atoms. The van der Waals surface area contributed by atoms with Crippen molar-refractivity contribution in [1.29, 1.82) is 0 Å². The van der Waals surface area contributed by atoms with E-state index in [1.54, 1.807) is 0 Å². The lowest BCUT2D eigenvalue weighted by atomic mass is 10.0. The molecule has 0 fully saturated rings. The third-order valence-electron chi connectivity index (χ3n) is 7.41. The van der Waals surface area contributed by atoms with E-state index in [0.717, 1.165) is 63.7 Å². The van der Waals surface area contributed by atoms with Gasteiger partial charge in [-0.25, -0.2) is 4.57 Å². The van der Waals surface area contributed by atoms with Gasteiger partial charge in [-0.15, -0.1) is 0 Å². The minimum atomic E-state index is -4.78. The molecule has 10 nitrogen and oxygen atoms in total. The van der Waals surface area contributed by atoms with Crippen LogP contribution in [0.1, 0.15) is 149 Å². The van der Waals surface area contributed by atoms with Crippen molar-refractivity contribution in [2.24, 2.45) is 5.92 Å². The standard InChI is InChI=1S/C33H63O10P/c1-4-5-6-7-12-17-22-30(34)31(35)23-18-13-10-15-20-25-33(37)43-29(27-42-44(38,39)40)26-41-32(36)24-19-14-9-8-11-16-21-28(2)3/h12,17,28-31,34-35H,4-11,13-16,18-27H2,1-3H3,(H2,38,39,40)/b17-12-/t29-,30+,31+/m1/s1. The highest BCUT2D eigenvalue weighted by molar-refractivity contribution is 7.46. The Morgan fingerprint density at radius 2 is 1.27 bits per heavy atom. The molecule has 0 unspecified atom stereocenters. The molecule has 0 spiro atoms. The molecular weight excluding hydrogens is 587 g/mol. The van der Waals surface area contributed by atoms with Gasteiger partial charge in [0.15, 0.2) is 6.10 Å². The van der Waals surface area contributed by atoms with Crippen LogP contribution in [-0.4, -0.2) is 63.5 Å². The van der Waals surface area contributed by atoms with Crippen molar-refractivity contribution >= 4 is 19.8 Å². The van der Waals surface area contributed by atoms with E-state index in [4.69, 9.17) is 19.3 Å². The summed E-state index contributed by atoms with van der Waals surface area (Å²) in [5.41, 5.74) is 0. The number of rotatable bonds is 30. The number of phosphoric ester groups is 1. The maximum Gasteiger partial charge on any atom is 0.469 e. The number of aliphatic hydroxyl groups is 2. The van der Waals surface area contributed by atoms with E-state index in [-0.39, 0.29) is 19.4 Å². The third-order valence-corrected chi connectivity index (χ3v) is 7.90. The molecule has 260 valence electrons. The third kappa shape index (κ3) is 29.4. The van der Waals surface area contributed by atoms with Crippen LogP contribution in [0, 0.1) is 5.92 Å². The van der Waals surface area contributed by atoms with Crippen molar-refractivity contribution in [2.75, 3.05) is 13.2 Å². The maximum atomic E-state index is 12.3. The second-order valence-corrected chi connectivity index (χ2v) is 13.5. The van der Waals surface area contributed by atoms with E-state index in [9.17, 15) is 24.4 Å². The van der Waals surface area contributed by atoms with Crippen LogP contribution in [0.25, 0.3) is 0 Å². The van der Waals surface area contributed by atoms with Crippen molar-refractivity contribution in [3.63, 3.8) is 0 Å². The number of carbonyl (C=O) groups is 2. The Balaban J connectivity index is 4.15. The first kappa shape index (κ1) is 42.7. The number of hydrogen-bond donors (Lipinski definition) is 4. The van der Waals surface area contributed by atoms with Gasteiger partial charge in [-0.2, -0.15) is 0 Å². The smallest absolute Gasteiger partial charge is 0.462 e. The molecule has 0 aromatic rings. The molecule has 0 radical (unpaired) electrons. The SMILES string of the molecule is CCCCC/C=C\C[C@H](O)[C@@H](O)CCCCCCCC(=O)O[C@H](COC(=O)CCCCCCCCC(C)C)COP(=O)(O)O. The van der Waals surface area contributed by atoms with Crippen LogP contribution in [0.3, 0.4) is 0 Å². The summed E-state index contributed by atoms with van der Waals surface area (Å²) in [5, 5.41) is 20.3. The number of phosphoric acid groups is 1. The lowest BCUT2D eigenvalue weighted by molar-refractivity contribution is -0.161. The molecule has 0 aromatic carbocycles. The van der Waals surface area contributed by atoms with Gasteiger partial charge in [0.05, 0.1) is 18.8 Å². The molecule has 11 heteroatoms. The van der Waals surface area contributed by atoms with Crippen LogP contribution in [0.5, 0.6) is 0 Å². The Labute approximate surface area is 266 Å². The normalized spacial score (nSPS) is 14.2. The van der Waals surface area contributed by atoms with Gasteiger partial charge in [0.25, 0.3) is 0 Å². The zero-order valence-electron chi connectivity index (χ0n) is 27.7. The highest BCUT2D eigenvalue weighted by Gasteiger charge is 2.23. The lowest BCUT2D eigenvalue weighted by Crippen LogP contribution is -2.29. The summed E-state index contributed by atoms with van der Waals surface area (Å²) in [5.74, 6) is -0.279. The van der Waals surface area contributed by atoms with Crippen molar-refractivity contribution in [3.8, 4) is 0 Å². The highest BCUT2D eigenvalue weighted by Crippen LogP contribution is 2.36. The van der Waals surface area contributed by atoms with E-state index in [0.29, 0.717) is 25.7 Å². The molecule has 0 aromatic heterocycles. The molecule has 3 atom stereocenters. The number of aliphatic hydroxyl groups excluding tert-OH is 2. The summed E-state index contributed by atoms with van der Waals surface area (Å²) >= 11 is 0. The quantitative estimate of drug-likeness (QED) is 0.0269. The van der Waals surface area contributed by atoms with Crippen LogP contribution in [0.2, 0.25) is 0 Å². The van der Waals surface area contributed by atoms with Gasteiger partial charge in [-0.3, -0.25) is 14.1 Å². The monoisotopic (exact) mass is 650 g/mol. The van der Waals surface area contributed by atoms with Crippen molar-refractivity contribution < 1.29 is 48.2 Å². The summed E-state index contributed by atoms with van der Waals surface area (Å²) in [4.78, 5) is 42.5. The predicted molar refractivity (Wildman–Crippen MR) is 173 cm³/mol. The van der Waals surface area contributed by atoms with Gasteiger partial charge in [-0.05, 0) is 44.4 Å². The average molecular weight is 651 g/mol. The molecular formula is C33H63O10P. The summed E-state index contributed by atoms with van der Waals surface area (Å²) in [6, 6.07) is 0. The first-order chi connectivity index (χ1) is 20.9. The number of allylic oxidation sites excluding steroid dienone is 1. The van der Waals surface area contributed by atoms with E-state index < -0.39 is 44.7 Å². The van der Waals surface area contributed by atoms with E-state index in [1.165, 1.54) is 32.1 Å². The molecule has 0 saturated carbocycles. The Morgan fingerprint density at radius 1 is 0.705 bits per heavy atom. The van der Waals surface area contributed by atoms with Gasteiger partial charge >= 0.3 is 19.8 Å². The van der Waals surface area contributed by atoms with E-state index >= 15 is 0 Å². The molecule has 0 aliphatic carbocycles. The van der Waals surface area contributed by atoms with Gasteiger partial charge < -0.3 is 29.5 Å². The van der Waals surface area contributed by atoms with Crippen molar-refractivity contribution in [1.82, 2.24) is 0 Å². The van der Waals surface area contributed by atoms with Crippen molar-refractivity contribution in [3.05, 3.63) is 12.2 Å². The number of hydrogen-bond acceptors (Lipinski definition) is 8. The first-order valence-electron chi connectivity index (χ1n) is 17.0. The number of unbranched alkanes of at least 4 members (excludes halogenated alkanes) is 12. The Morgan fingerprint density at radius 3 is 1.86 bits per heavy atom. The Kier molecular flexibility index (Phi) is 27.2. The number of carbonyl (C=O) groups excluding carboxylic acids is 2. The molecule has 0 aliphatic heterocycles. The molecule has 44 heavy (non-hydrogen) atoms. The van der Waals surface area contributed by atoms with Crippen LogP contribution in [-0.2, 0) is 28.2 Å². The zero-order chi connectivity index (χ0) is 33.1. The molecule has 0 rings (SSSR count). The molecule has 0 heterocycles. The first-order valence-corrected chi connectivity index (χ1v) is 18.5. The van der Waals surface area contributed by atoms with Gasteiger partial charge in [0.1, 0.15) is 6.61 Å². The van der Waals surface area contributed by atoms with E-state index in [2.05, 4.69) is 31.4 Å². The molecule has 0 saturated heterocycles. The number of esters is 2. The summed E-state index contributed by atoms with van der Waals surface area (Å²) < 4.78 is 26.1. The lowest BCUT2D eigenvalue weighted by Gasteiger charge is -2.18. The van der Waals surface area contributed by atoms with Crippen LogP contribution in [0.15, 0.2) is 12.2 Å². The zero-order valence-corrected chi connectivity index (χ0v) is 28.6. The van der Waals surface area contributed by atoms with Crippen LogP contribution >= 0.6 is 7.82 Å². The van der Waals surface area contributed by atoms with Gasteiger partial charge in [0, 0.05) is 12.8 Å². The summed E-state index contributed by atoms with van der Waals surface area (Å²) in [6.45, 7) is 5.69. The second-order valence-electron chi connectivity index (χ2n) is 12.3. The highest BCUT2D eigenvalue weighted by atomic mass is 31.2. The molecule has 4 N–H and O–H groups in total. The van der Waals surface area contributed by atoms with Gasteiger partial charge in [0.2, 0.25) is 0 Å². The summed E-state index contributed by atoms with van der Waals surface area (Å²) in [6.07, 6.45) is 18.5. The minimum Gasteiger partial charge on any atom is -0.462 e. The van der Waals surface area contributed by atoms with Gasteiger partial charge in [-0.1, -0.05) is 110 Å². The minimum absolute atomic E-state index is 0.115. The Hall–Kier alpha value is -1.29. The largest absolute Gasteiger partial charge is 0.469 e. The summed E-state index contributed by atoms with van der Waals surface area (Å²) in [7, 11) is -4.78. The fourth-order valence-electron chi connectivity index (χ4n) is 4.70. The maximum absolute atomic E-state index is 12.3. The second kappa shape index (κ2) is 28.0. The topological polar surface area (TPSA) is 160 Å². The van der Waals surface area contributed by atoms with Crippen LogP contribution in [0.4, 0.5) is 0 Å². The fourth-order valence-corrected chi connectivity index (χ4v) is 5.06. The van der Waals surface area contributed by atoms with Crippen molar-refractivity contribution in [2.45, 2.75) is 167 Å². The average Bonchev–Trinajstić information content (AvgIpc) is 2.96. The number of ether oxygens (including phenoxy) is 2. The van der Waals surface area contributed by atoms with Crippen LogP contribution < -0.4 is 0 Å². The molecule has 0 amide bonds. The molecule has 0 aliphatic rings. The van der Waals surface area contributed by atoms with E-state index in [1.807, 2.05) is 6.08 Å². The fraction of sp³-hybridized carbons (Fsp3) is 0.879.